The quantitative estimate of drug-likeness (QED) is 0.493. The van der Waals surface area contributed by atoms with Gasteiger partial charge in [0.25, 0.3) is 0 Å². The van der Waals surface area contributed by atoms with Crippen LogP contribution in [0.2, 0.25) is 0 Å². The van der Waals surface area contributed by atoms with Gasteiger partial charge in [-0.2, -0.15) is 0 Å². The van der Waals surface area contributed by atoms with E-state index >= 15 is 0 Å². The lowest BCUT2D eigenvalue weighted by Crippen LogP contribution is -2.48. The van der Waals surface area contributed by atoms with Gasteiger partial charge in [0.2, 0.25) is 5.91 Å². The van der Waals surface area contributed by atoms with Gasteiger partial charge in [0, 0.05) is 19.1 Å². The molecule has 5 heteroatoms. The Morgan fingerprint density at radius 2 is 1.59 bits per heavy atom. The molecule has 0 fully saturated rings. The second kappa shape index (κ2) is 11.2. The number of nitrogens with zero attached hydrogens (tertiary/aromatic N) is 1. The molecule has 0 aromatic heterocycles. The van der Waals surface area contributed by atoms with Gasteiger partial charge in [-0.25, -0.2) is 0 Å². The van der Waals surface area contributed by atoms with E-state index in [1.54, 1.807) is 14.2 Å². The van der Waals surface area contributed by atoms with E-state index in [-0.39, 0.29) is 18.0 Å². The number of fused-ring (bicyclic) bond motifs is 1. The average molecular weight is 459 g/mol. The van der Waals surface area contributed by atoms with Crippen LogP contribution >= 0.6 is 0 Å². The predicted molar refractivity (Wildman–Crippen MR) is 135 cm³/mol. The van der Waals surface area contributed by atoms with Crippen LogP contribution in [0.15, 0.2) is 72.8 Å². The highest BCUT2D eigenvalue weighted by molar-refractivity contribution is 5.79. The molecule has 1 heterocycles. The molecule has 178 valence electrons. The first kappa shape index (κ1) is 23.8. The predicted octanol–water partition coefficient (Wildman–Crippen LogP) is 4.94. The van der Waals surface area contributed by atoms with E-state index in [1.165, 1.54) is 16.7 Å². The van der Waals surface area contributed by atoms with Crippen LogP contribution in [0.25, 0.3) is 0 Å². The van der Waals surface area contributed by atoms with Gasteiger partial charge in [-0.15, -0.1) is 0 Å². The van der Waals surface area contributed by atoms with Crippen LogP contribution in [-0.4, -0.2) is 37.6 Å². The van der Waals surface area contributed by atoms with Crippen molar-refractivity contribution in [3.8, 4) is 11.5 Å². The maximum Gasteiger partial charge on any atom is 0.224 e. The van der Waals surface area contributed by atoms with Gasteiger partial charge in [0.05, 0.1) is 26.7 Å². The Labute approximate surface area is 202 Å². The van der Waals surface area contributed by atoms with Gasteiger partial charge in [0.15, 0.2) is 11.5 Å². The van der Waals surface area contributed by atoms with Gasteiger partial charge >= 0.3 is 0 Å². The zero-order chi connectivity index (χ0) is 23.9. The van der Waals surface area contributed by atoms with Gasteiger partial charge in [-0.05, 0) is 47.2 Å². The Balaban J connectivity index is 1.66. The molecule has 1 aliphatic rings. The molecule has 1 N–H and O–H groups in total. The highest BCUT2D eigenvalue weighted by Crippen LogP contribution is 2.40. The van der Waals surface area contributed by atoms with Crippen molar-refractivity contribution >= 4 is 5.91 Å². The fourth-order valence-electron chi connectivity index (χ4n) is 4.94. The van der Waals surface area contributed by atoms with E-state index in [0.29, 0.717) is 6.42 Å². The van der Waals surface area contributed by atoms with Crippen LogP contribution in [0.1, 0.15) is 41.6 Å². The maximum atomic E-state index is 13.1. The largest absolute Gasteiger partial charge is 0.493 e. The number of carbonyl (C=O) groups is 1. The molecule has 0 aliphatic carbocycles. The fraction of sp³-hybridized carbons (Fsp3) is 0.345. The van der Waals surface area contributed by atoms with Crippen molar-refractivity contribution in [2.24, 2.45) is 0 Å². The first-order valence-electron chi connectivity index (χ1n) is 12.0. The summed E-state index contributed by atoms with van der Waals surface area (Å²) < 4.78 is 11.2. The Hall–Kier alpha value is -3.31. The Morgan fingerprint density at radius 3 is 2.21 bits per heavy atom. The molecular formula is C29H34N2O3. The highest BCUT2D eigenvalue weighted by atomic mass is 16.5. The van der Waals surface area contributed by atoms with Crippen LogP contribution in [0.5, 0.6) is 11.5 Å². The highest BCUT2D eigenvalue weighted by Gasteiger charge is 2.35. The van der Waals surface area contributed by atoms with E-state index < -0.39 is 0 Å². The number of hydrogen-bond acceptors (Lipinski definition) is 4. The third kappa shape index (κ3) is 5.42. The molecule has 2 atom stereocenters. The van der Waals surface area contributed by atoms with Crippen molar-refractivity contribution in [3.05, 3.63) is 95.1 Å². The number of nitrogens with one attached hydrogen (secondary N) is 1. The second-order valence-corrected chi connectivity index (χ2v) is 8.80. The minimum absolute atomic E-state index is 0.0305. The lowest BCUT2D eigenvalue weighted by Gasteiger charge is -2.42. The summed E-state index contributed by atoms with van der Waals surface area (Å²) in [6.45, 7) is 3.88. The summed E-state index contributed by atoms with van der Waals surface area (Å²) in [4.78, 5) is 15.5. The first-order chi connectivity index (χ1) is 16.6. The normalized spacial score (nSPS) is 16.4. The van der Waals surface area contributed by atoms with E-state index in [0.717, 1.165) is 43.0 Å². The number of benzene rings is 3. The summed E-state index contributed by atoms with van der Waals surface area (Å²) >= 11 is 0. The second-order valence-electron chi connectivity index (χ2n) is 8.80. The van der Waals surface area contributed by atoms with Crippen LogP contribution < -0.4 is 14.8 Å². The number of carbonyl (C=O) groups excluding carboxylic acids is 1. The average Bonchev–Trinajstić information content (AvgIpc) is 2.87. The van der Waals surface area contributed by atoms with Crippen LogP contribution in [0, 0.1) is 0 Å². The van der Waals surface area contributed by atoms with E-state index in [2.05, 4.69) is 53.5 Å². The summed E-state index contributed by atoms with van der Waals surface area (Å²) in [5.41, 5.74) is 4.74. The zero-order valence-electron chi connectivity index (χ0n) is 20.3. The molecule has 1 aliphatic heterocycles. The number of hydrogen-bond donors (Lipinski definition) is 1. The number of methoxy groups -OCH3 is 2. The monoisotopic (exact) mass is 458 g/mol. The van der Waals surface area contributed by atoms with Crippen molar-refractivity contribution in [3.63, 3.8) is 0 Å². The van der Waals surface area contributed by atoms with Crippen molar-refractivity contribution in [2.45, 2.75) is 44.8 Å². The Bertz CT molecular complexity index is 1090. The summed E-state index contributed by atoms with van der Waals surface area (Å²) in [5.74, 6) is 1.52. The van der Waals surface area contributed by atoms with Gasteiger partial charge in [-0.3, -0.25) is 9.69 Å². The van der Waals surface area contributed by atoms with Gasteiger partial charge < -0.3 is 14.8 Å². The molecule has 1 amide bonds. The van der Waals surface area contributed by atoms with Crippen molar-refractivity contribution < 1.29 is 14.3 Å². The lowest BCUT2D eigenvalue weighted by molar-refractivity contribution is -0.121. The molecule has 0 spiro atoms. The molecular weight excluding hydrogens is 424 g/mol. The molecule has 0 saturated heterocycles. The molecule has 3 aromatic rings. The van der Waals surface area contributed by atoms with Crippen molar-refractivity contribution in [2.75, 3.05) is 20.8 Å². The zero-order valence-corrected chi connectivity index (χ0v) is 20.3. The summed E-state index contributed by atoms with van der Waals surface area (Å²) in [5, 5.41) is 3.35. The number of rotatable bonds is 9. The standard InChI is InChI=1S/C29H34N2O3/c1-4-25(30-28(32)17-21-11-7-5-8-12-21)29-24-19-27(34-3)26(33-2)18-23(24)15-16-31(29)20-22-13-9-6-10-14-22/h5-14,18-19,25,29H,4,15-17,20H2,1-3H3,(H,30,32)/t25-,29+/m1/s1. The van der Waals surface area contributed by atoms with E-state index in [1.807, 2.05) is 36.4 Å². The molecule has 0 radical (unpaired) electrons. The van der Waals surface area contributed by atoms with Gasteiger partial charge in [0.1, 0.15) is 0 Å². The van der Waals surface area contributed by atoms with E-state index in [4.69, 9.17) is 9.47 Å². The summed E-state index contributed by atoms with van der Waals surface area (Å²) in [6.07, 6.45) is 2.12. The van der Waals surface area contributed by atoms with Crippen molar-refractivity contribution in [1.29, 1.82) is 0 Å². The molecule has 3 aromatic carbocycles. The molecule has 4 rings (SSSR count). The van der Waals surface area contributed by atoms with Crippen LogP contribution in [0.4, 0.5) is 0 Å². The third-order valence-corrected chi connectivity index (χ3v) is 6.63. The minimum Gasteiger partial charge on any atom is -0.493 e. The smallest absolute Gasteiger partial charge is 0.224 e. The van der Waals surface area contributed by atoms with Crippen LogP contribution in [0.3, 0.4) is 0 Å². The number of amides is 1. The third-order valence-electron chi connectivity index (χ3n) is 6.63. The molecule has 0 saturated carbocycles. The molecule has 5 nitrogen and oxygen atoms in total. The van der Waals surface area contributed by atoms with Crippen LogP contribution in [-0.2, 0) is 24.2 Å². The Kier molecular flexibility index (Phi) is 7.86. The molecule has 34 heavy (non-hydrogen) atoms. The Morgan fingerprint density at radius 1 is 0.971 bits per heavy atom. The SMILES string of the molecule is CC[C@@H](NC(=O)Cc1ccccc1)[C@@H]1c2cc(OC)c(OC)cc2CCN1Cc1ccccc1. The molecule has 0 bridgehead atoms. The van der Waals surface area contributed by atoms with Gasteiger partial charge in [-0.1, -0.05) is 67.6 Å². The summed E-state index contributed by atoms with van der Waals surface area (Å²) in [7, 11) is 3.34. The maximum absolute atomic E-state index is 13.1. The number of ether oxygens (including phenoxy) is 2. The first-order valence-corrected chi connectivity index (χ1v) is 12.0. The lowest BCUT2D eigenvalue weighted by atomic mass is 9.86. The molecule has 0 unspecified atom stereocenters. The topological polar surface area (TPSA) is 50.8 Å². The van der Waals surface area contributed by atoms with E-state index in [9.17, 15) is 4.79 Å². The van der Waals surface area contributed by atoms with Crippen molar-refractivity contribution in [1.82, 2.24) is 10.2 Å². The fourth-order valence-corrected chi connectivity index (χ4v) is 4.94. The summed E-state index contributed by atoms with van der Waals surface area (Å²) in [6, 6.07) is 24.6. The minimum atomic E-state index is -0.0305.